The van der Waals surface area contributed by atoms with Gasteiger partial charge in [-0.1, -0.05) is 23.7 Å². The summed E-state index contributed by atoms with van der Waals surface area (Å²) in [5.74, 6) is -0.302. The highest BCUT2D eigenvalue weighted by molar-refractivity contribution is 6.30. The van der Waals surface area contributed by atoms with Crippen molar-refractivity contribution in [3.63, 3.8) is 0 Å². The number of benzene rings is 1. The zero-order chi connectivity index (χ0) is 16.1. The van der Waals surface area contributed by atoms with Gasteiger partial charge in [-0.2, -0.15) is 0 Å². The molecule has 0 bridgehead atoms. The summed E-state index contributed by atoms with van der Waals surface area (Å²) in [6, 6.07) is 8.43. The van der Waals surface area contributed by atoms with Gasteiger partial charge in [0, 0.05) is 30.6 Å². The Balaban J connectivity index is 1.98. The molecule has 1 aromatic rings. The molecule has 1 aliphatic rings. The number of piperidine rings is 1. The Morgan fingerprint density at radius 3 is 2.86 bits per heavy atom. The summed E-state index contributed by atoms with van der Waals surface area (Å²) in [5, 5.41) is 9.73. The molecule has 0 aliphatic carbocycles. The lowest BCUT2D eigenvalue weighted by Crippen LogP contribution is -2.48. The number of rotatable bonds is 6. The predicted molar refractivity (Wildman–Crippen MR) is 89.2 cm³/mol. The molecule has 0 spiro atoms. The van der Waals surface area contributed by atoms with Gasteiger partial charge in [-0.25, -0.2) is 0 Å². The zero-order valence-corrected chi connectivity index (χ0v) is 14.1. The summed E-state index contributed by atoms with van der Waals surface area (Å²) >= 11 is 6.05. The first kappa shape index (κ1) is 17.3. The van der Waals surface area contributed by atoms with E-state index in [1.54, 1.807) is 0 Å². The molecule has 1 aromatic carbocycles. The van der Waals surface area contributed by atoms with E-state index in [9.17, 15) is 4.79 Å². The maximum absolute atomic E-state index is 10.9. The lowest BCUT2D eigenvalue weighted by atomic mass is 9.87. The second kappa shape index (κ2) is 7.95. The second-order valence-corrected chi connectivity index (χ2v) is 6.81. The Hall–Kier alpha value is -1.10. The molecule has 0 amide bonds. The molecule has 1 heterocycles. The largest absolute Gasteiger partial charge is 0.481 e. The quantitative estimate of drug-likeness (QED) is 0.873. The van der Waals surface area contributed by atoms with Gasteiger partial charge < -0.3 is 10.0 Å². The fourth-order valence-electron chi connectivity index (χ4n) is 3.40. The summed E-state index contributed by atoms with van der Waals surface area (Å²) < 4.78 is 0. The summed E-state index contributed by atoms with van der Waals surface area (Å²) in [5.41, 5.74) is 1.22. The molecule has 2 atom stereocenters. The Kier molecular flexibility index (Phi) is 6.24. The SMILES string of the molecule is CN(C)[C@@H]1CCN(Cc2cccc(Cl)c2)C[C@@H]1CCC(=O)O. The molecule has 0 saturated carbocycles. The number of aliphatic carboxylic acids is 1. The van der Waals surface area contributed by atoms with Crippen molar-refractivity contribution in [2.24, 2.45) is 5.92 Å². The van der Waals surface area contributed by atoms with Crippen molar-refractivity contribution in [3.05, 3.63) is 34.9 Å². The fraction of sp³-hybridized carbons (Fsp3) is 0.588. The highest BCUT2D eigenvalue weighted by atomic mass is 35.5. The van der Waals surface area contributed by atoms with Crippen molar-refractivity contribution in [1.29, 1.82) is 0 Å². The number of nitrogens with zero attached hydrogens (tertiary/aromatic N) is 2. The molecule has 1 saturated heterocycles. The van der Waals surface area contributed by atoms with E-state index in [0.717, 1.165) is 37.5 Å². The van der Waals surface area contributed by atoms with Gasteiger partial charge in [0.05, 0.1) is 0 Å². The van der Waals surface area contributed by atoms with E-state index < -0.39 is 5.97 Å². The van der Waals surface area contributed by atoms with E-state index in [2.05, 4.69) is 30.0 Å². The van der Waals surface area contributed by atoms with E-state index in [1.807, 2.05) is 18.2 Å². The number of likely N-dealkylation sites (tertiary alicyclic amines) is 1. The highest BCUT2D eigenvalue weighted by Crippen LogP contribution is 2.26. The van der Waals surface area contributed by atoms with Crippen molar-refractivity contribution in [2.75, 3.05) is 27.2 Å². The normalized spacial score (nSPS) is 22.9. The summed E-state index contributed by atoms with van der Waals surface area (Å²) in [6.45, 7) is 2.87. The number of carbonyl (C=O) groups is 1. The van der Waals surface area contributed by atoms with Gasteiger partial charge in [-0.05, 0) is 57.1 Å². The molecule has 0 unspecified atom stereocenters. The van der Waals surface area contributed by atoms with Gasteiger partial charge in [0.15, 0.2) is 0 Å². The van der Waals surface area contributed by atoms with Gasteiger partial charge in [-0.3, -0.25) is 9.69 Å². The molecular formula is C17H25ClN2O2. The molecule has 0 aromatic heterocycles. The molecule has 1 aliphatic heterocycles. The first-order valence-corrected chi connectivity index (χ1v) is 8.18. The monoisotopic (exact) mass is 324 g/mol. The molecule has 1 N–H and O–H groups in total. The lowest BCUT2D eigenvalue weighted by Gasteiger charge is -2.41. The van der Waals surface area contributed by atoms with E-state index in [-0.39, 0.29) is 6.42 Å². The second-order valence-electron chi connectivity index (χ2n) is 6.38. The van der Waals surface area contributed by atoms with Crippen molar-refractivity contribution >= 4 is 17.6 Å². The van der Waals surface area contributed by atoms with Crippen LogP contribution in [-0.2, 0) is 11.3 Å². The van der Waals surface area contributed by atoms with Crippen molar-refractivity contribution in [1.82, 2.24) is 9.80 Å². The van der Waals surface area contributed by atoms with Crippen LogP contribution in [0, 0.1) is 5.92 Å². The Morgan fingerprint density at radius 2 is 2.23 bits per heavy atom. The molecular weight excluding hydrogens is 300 g/mol. The van der Waals surface area contributed by atoms with Crippen LogP contribution in [-0.4, -0.2) is 54.1 Å². The minimum Gasteiger partial charge on any atom is -0.481 e. The average Bonchev–Trinajstić information content (AvgIpc) is 2.45. The van der Waals surface area contributed by atoms with Crippen LogP contribution in [0.1, 0.15) is 24.8 Å². The van der Waals surface area contributed by atoms with E-state index in [4.69, 9.17) is 16.7 Å². The standard InChI is InChI=1S/C17H25ClN2O2/c1-19(2)16-8-9-20(12-14(16)6-7-17(21)22)11-13-4-3-5-15(18)10-13/h3-5,10,14,16H,6-9,11-12H2,1-2H3,(H,21,22)/t14-,16+/m0/s1. The van der Waals surface area contributed by atoms with Crippen LogP contribution in [0.3, 0.4) is 0 Å². The smallest absolute Gasteiger partial charge is 0.303 e. The zero-order valence-electron chi connectivity index (χ0n) is 13.3. The van der Waals surface area contributed by atoms with Crippen LogP contribution in [0.2, 0.25) is 5.02 Å². The number of halogens is 1. The van der Waals surface area contributed by atoms with Crippen LogP contribution in [0.5, 0.6) is 0 Å². The average molecular weight is 325 g/mol. The minimum absolute atomic E-state index is 0.250. The van der Waals surface area contributed by atoms with Crippen molar-refractivity contribution in [2.45, 2.75) is 31.8 Å². The van der Waals surface area contributed by atoms with Crippen LogP contribution < -0.4 is 0 Å². The molecule has 22 heavy (non-hydrogen) atoms. The molecule has 0 radical (unpaired) electrons. The van der Waals surface area contributed by atoms with Crippen molar-refractivity contribution in [3.8, 4) is 0 Å². The van der Waals surface area contributed by atoms with E-state index in [1.165, 1.54) is 5.56 Å². The Bertz CT molecular complexity index is 507. The first-order chi connectivity index (χ1) is 10.5. The molecule has 5 heteroatoms. The first-order valence-electron chi connectivity index (χ1n) is 7.80. The van der Waals surface area contributed by atoms with Gasteiger partial charge in [-0.15, -0.1) is 0 Å². The number of carboxylic acid groups (broad SMARTS) is 1. The van der Waals surface area contributed by atoms with Crippen molar-refractivity contribution < 1.29 is 9.90 Å². The summed E-state index contributed by atoms with van der Waals surface area (Å²) in [7, 11) is 4.18. The third-order valence-corrected chi connectivity index (χ3v) is 4.70. The maximum Gasteiger partial charge on any atom is 0.303 e. The van der Waals surface area contributed by atoms with Gasteiger partial charge in [0.25, 0.3) is 0 Å². The molecule has 4 nitrogen and oxygen atoms in total. The third-order valence-electron chi connectivity index (χ3n) is 4.47. The molecule has 2 rings (SSSR count). The van der Waals surface area contributed by atoms with E-state index in [0.29, 0.717) is 12.0 Å². The van der Waals surface area contributed by atoms with Gasteiger partial charge in [0.2, 0.25) is 0 Å². The highest BCUT2D eigenvalue weighted by Gasteiger charge is 2.30. The Morgan fingerprint density at radius 1 is 1.45 bits per heavy atom. The topological polar surface area (TPSA) is 43.8 Å². The minimum atomic E-state index is -0.704. The van der Waals surface area contributed by atoms with Crippen LogP contribution in [0.15, 0.2) is 24.3 Å². The number of hydrogen-bond acceptors (Lipinski definition) is 3. The molecule has 122 valence electrons. The molecule has 1 fully saturated rings. The Labute approximate surface area is 137 Å². The van der Waals surface area contributed by atoms with E-state index >= 15 is 0 Å². The third kappa shape index (κ3) is 4.97. The van der Waals surface area contributed by atoms with Crippen LogP contribution in [0.4, 0.5) is 0 Å². The number of carboxylic acids is 1. The van der Waals surface area contributed by atoms with Gasteiger partial charge in [0.1, 0.15) is 0 Å². The summed E-state index contributed by atoms with van der Waals surface area (Å²) in [4.78, 5) is 15.5. The van der Waals surface area contributed by atoms with Crippen LogP contribution in [0.25, 0.3) is 0 Å². The summed E-state index contributed by atoms with van der Waals surface area (Å²) in [6.07, 6.45) is 2.07. The predicted octanol–water partition coefficient (Wildman–Crippen LogP) is 2.96. The number of hydrogen-bond donors (Lipinski definition) is 1. The fourth-order valence-corrected chi connectivity index (χ4v) is 3.62. The van der Waals surface area contributed by atoms with Gasteiger partial charge >= 0.3 is 5.97 Å². The maximum atomic E-state index is 10.9. The lowest BCUT2D eigenvalue weighted by molar-refractivity contribution is -0.137. The van der Waals surface area contributed by atoms with Crippen LogP contribution >= 0.6 is 11.6 Å².